The molecule has 0 radical (unpaired) electrons. The third-order valence-corrected chi connectivity index (χ3v) is 5.42. The molecule has 6 nitrogen and oxygen atoms in total. The van der Waals surface area contributed by atoms with Crippen LogP contribution in [0, 0.1) is 0 Å². The van der Waals surface area contributed by atoms with E-state index in [1.165, 1.54) is 11.3 Å². The lowest BCUT2D eigenvalue weighted by Gasteiger charge is -2.24. The average Bonchev–Trinajstić information content (AvgIpc) is 3.19. The van der Waals surface area contributed by atoms with Gasteiger partial charge in [0, 0.05) is 18.4 Å². The first-order valence-electron chi connectivity index (χ1n) is 10.4. The van der Waals surface area contributed by atoms with E-state index in [0.717, 1.165) is 31.4 Å². The Hall–Kier alpha value is -3.12. The maximum atomic E-state index is 13.0. The summed E-state index contributed by atoms with van der Waals surface area (Å²) < 4.78 is 12.8. The zero-order valence-electron chi connectivity index (χ0n) is 17.2. The van der Waals surface area contributed by atoms with Gasteiger partial charge in [-0.15, -0.1) is 0 Å². The van der Waals surface area contributed by atoms with Crippen molar-refractivity contribution in [2.45, 2.75) is 31.8 Å². The SMILES string of the molecule is COCCOc1ccccc1C(=O)NC1CCCc2c1cnn2Cc1ccccc1. The van der Waals surface area contributed by atoms with Gasteiger partial charge in [0.05, 0.1) is 31.0 Å². The standard InChI is InChI=1S/C24H27N3O3/c1-29-14-15-30-23-13-6-5-10-19(23)24(28)26-21-11-7-12-22-20(21)16-25-27(22)17-18-8-3-2-4-9-18/h2-6,8-10,13,16,21H,7,11-12,14-15,17H2,1H3,(H,26,28). The van der Waals surface area contributed by atoms with Gasteiger partial charge in [0.1, 0.15) is 12.4 Å². The molecule has 0 saturated heterocycles. The zero-order valence-corrected chi connectivity index (χ0v) is 17.2. The Morgan fingerprint density at radius 3 is 2.77 bits per heavy atom. The van der Waals surface area contributed by atoms with Crippen LogP contribution in [0.25, 0.3) is 0 Å². The van der Waals surface area contributed by atoms with Crippen molar-refractivity contribution < 1.29 is 14.3 Å². The summed E-state index contributed by atoms with van der Waals surface area (Å²) in [6.45, 7) is 1.62. The predicted octanol–water partition coefficient (Wildman–Crippen LogP) is 3.76. The summed E-state index contributed by atoms with van der Waals surface area (Å²) in [6, 6.07) is 17.6. The van der Waals surface area contributed by atoms with Crippen molar-refractivity contribution in [3.8, 4) is 5.75 Å². The molecule has 30 heavy (non-hydrogen) atoms. The van der Waals surface area contributed by atoms with E-state index in [1.807, 2.05) is 42.6 Å². The second kappa shape index (κ2) is 9.59. The van der Waals surface area contributed by atoms with Gasteiger partial charge in [-0.3, -0.25) is 9.48 Å². The molecule has 0 spiro atoms. The number of methoxy groups -OCH3 is 1. The summed E-state index contributed by atoms with van der Waals surface area (Å²) in [5, 5.41) is 7.81. The van der Waals surface area contributed by atoms with Crippen molar-refractivity contribution >= 4 is 5.91 Å². The van der Waals surface area contributed by atoms with Crippen LogP contribution in [0.2, 0.25) is 0 Å². The minimum atomic E-state index is -0.128. The molecule has 0 saturated carbocycles. The third kappa shape index (κ3) is 4.54. The second-order valence-corrected chi connectivity index (χ2v) is 7.45. The van der Waals surface area contributed by atoms with Crippen molar-refractivity contribution in [3.05, 3.63) is 83.2 Å². The number of nitrogens with zero attached hydrogens (tertiary/aromatic N) is 2. The number of benzene rings is 2. The van der Waals surface area contributed by atoms with E-state index in [2.05, 4.69) is 27.2 Å². The maximum Gasteiger partial charge on any atom is 0.255 e. The second-order valence-electron chi connectivity index (χ2n) is 7.45. The Bertz CT molecular complexity index is 984. The van der Waals surface area contributed by atoms with Gasteiger partial charge >= 0.3 is 0 Å². The normalized spacial score (nSPS) is 15.4. The van der Waals surface area contributed by atoms with Gasteiger partial charge in [-0.05, 0) is 37.0 Å². The van der Waals surface area contributed by atoms with Crippen LogP contribution in [-0.2, 0) is 17.7 Å². The van der Waals surface area contributed by atoms with Gasteiger partial charge in [-0.2, -0.15) is 5.10 Å². The quantitative estimate of drug-likeness (QED) is 0.580. The van der Waals surface area contributed by atoms with Gasteiger partial charge in [0.2, 0.25) is 0 Å². The van der Waals surface area contributed by atoms with Crippen LogP contribution in [-0.4, -0.2) is 36.0 Å². The lowest BCUT2D eigenvalue weighted by Crippen LogP contribution is -2.31. The highest BCUT2D eigenvalue weighted by molar-refractivity contribution is 5.97. The van der Waals surface area contributed by atoms with E-state index >= 15 is 0 Å². The van der Waals surface area contributed by atoms with E-state index in [9.17, 15) is 4.79 Å². The molecule has 2 aromatic carbocycles. The fourth-order valence-electron chi connectivity index (χ4n) is 3.91. The largest absolute Gasteiger partial charge is 0.490 e. The van der Waals surface area contributed by atoms with E-state index in [-0.39, 0.29) is 11.9 Å². The smallest absolute Gasteiger partial charge is 0.255 e. The minimum absolute atomic E-state index is 0.0437. The first-order chi connectivity index (χ1) is 14.8. The van der Waals surface area contributed by atoms with E-state index in [0.29, 0.717) is 24.5 Å². The van der Waals surface area contributed by atoms with Gasteiger partial charge in [-0.25, -0.2) is 0 Å². The van der Waals surface area contributed by atoms with Crippen molar-refractivity contribution in [2.24, 2.45) is 0 Å². The molecule has 1 atom stereocenters. The molecule has 0 aliphatic heterocycles. The van der Waals surface area contributed by atoms with Crippen LogP contribution in [0.5, 0.6) is 5.75 Å². The highest BCUT2D eigenvalue weighted by atomic mass is 16.5. The number of nitrogens with one attached hydrogen (secondary N) is 1. The number of amides is 1. The summed E-state index contributed by atoms with van der Waals surface area (Å²) in [6.07, 6.45) is 4.81. The Morgan fingerprint density at radius 2 is 1.93 bits per heavy atom. The van der Waals surface area contributed by atoms with Crippen LogP contribution in [0.4, 0.5) is 0 Å². The van der Waals surface area contributed by atoms with E-state index in [1.54, 1.807) is 13.2 Å². The molecule has 6 heteroatoms. The lowest BCUT2D eigenvalue weighted by molar-refractivity contribution is 0.0925. The molecule has 1 aliphatic rings. The molecule has 1 aromatic heterocycles. The molecular formula is C24H27N3O3. The number of carbonyl (C=O) groups is 1. The van der Waals surface area contributed by atoms with Crippen molar-refractivity contribution in [3.63, 3.8) is 0 Å². The Labute approximate surface area is 176 Å². The molecular weight excluding hydrogens is 378 g/mol. The topological polar surface area (TPSA) is 65.4 Å². The summed E-state index contributed by atoms with van der Waals surface area (Å²) in [7, 11) is 1.63. The summed E-state index contributed by atoms with van der Waals surface area (Å²) >= 11 is 0. The summed E-state index contributed by atoms with van der Waals surface area (Å²) in [5.41, 5.74) is 4.08. The number of carbonyl (C=O) groups excluding carboxylic acids is 1. The Kier molecular flexibility index (Phi) is 6.44. The Balaban J connectivity index is 1.49. The summed E-state index contributed by atoms with van der Waals surface area (Å²) in [5.74, 6) is 0.444. The fourth-order valence-corrected chi connectivity index (χ4v) is 3.91. The van der Waals surface area contributed by atoms with Gasteiger partial charge in [-0.1, -0.05) is 42.5 Å². The lowest BCUT2D eigenvalue weighted by atomic mass is 9.92. The van der Waals surface area contributed by atoms with Crippen LogP contribution in [0.1, 0.15) is 46.1 Å². The maximum absolute atomic E-state index is 13.0. The monoisotopic (exact) mass is 405 g/mol. The fraction of sp³-hybridized carbons (Fsp3) is 0.333. The number of aromatic nitrogens is 2. The first-order valence-corrected chi connectivity index (χ1v) is 10.4. The minimum Gasteiger partial charge on any atom is -0.490 e. The van der Waals surface area contributed by atoms with Crippen LogP contribution >= 0.6 is 0 Å². The van der Waals surface area contributed by atoms with Crippen molar-refractivity contribution in [2.75, 3.05) is 20.3 Å². The number of rotatable bonds is 8. The van der Waals surface area contributed by atoms with E-state index < -0.39 is 0 Å². The number of ether oxygens (including phenoxy) is 2. The molecule has 156 valence electrons. The molecule has 1 amide bonds. The van der Waals surface area contributed by atoms with E-state index in [4.69, 9.17) is 9.47 Å². The molecule has 4 rings (SSSR count). The number of para-hydroxylation sites is 1. The van der Waals surface area contributed by atoms with Crippen LogP contribution in [0.3, 0.4) is 0 Å². The highest BCUT2D eigenvalue weighted by Crippen LogP contribution is 2.31. The zero-order chi connectivity index (χ0) is 20.8. The van der Waals surface area contributed by atoms with Crippen LogP contribution < -0.4 is 10.1 Å². The first kappa shape index (κ1) is 20.2. The van der Waals surface area contributed by atoms with Gasteiger partial charge < -0.3 is 14.8 Å². The molecule has 1 N–H and O–H groups in total. The molecule has 0 bridgehead atoms. The number of hydrogen-bond acceptors (Lipinski definition) is 4. The molecule has 1 heterocycles. The highest BCUT2D eigenvalue weighted by Gasteiger charge is 2.26. The van der Waals surface area contributed by atoms with Crippen molar-refractivity contribution in [1.29, 1.82) is 0 Å². The van der Waals surface area contributed by atoms with Gasteiger partial charge in [0.25, 0.3) is 5.91 Å². The van der Waals surface area contributed by atoms with Crippen molar-refractivity contribution in [1.82, 2.24) is 15.1 Å². The molecule has 3 aromatic rings. The summed E-state index contributed by atoms with van der Waals surface area (Å²) in [4.78, 5) is 13.0. The molecule has 1 aliphatic carbocycles. The number of hydrogen-bond donors (Lipinski definition) is 1. The predicted molar refractivity (Wildman–Crippen MR) is 115 cm³/mol. The third-order valence-electron chi connectivity index (χ3n) is 5.42. The average molecular weight is 405 g/mol. The Morgan fingerprint density at radius 1 is 1.13 bits per heavy atom. The van der Waals surface area contributed by atoms with Crippen LogP contribution in [0.15, 0.2) is 60.8 Å². The molecule has 0 fully saturated rings. The van der Waals surface area contributed by atoms with Gasteiger partial charge in [0.15, 0.2) is 0 Å². The number of fused-ring (bicyclic) bond motifs is 1. The molecule has 1 unspecified atom stereocenters.